The van der Waals surface area contributed by atoms with E-state index in [9.17, 15) is 4.79 Å². The van der Waals surface area contributed by atoms with Gasteiger partial charge in [-0.1, -0.05) is 17.7 Å². The lowest BCUT2D eigenvalue weighted by Crippen LogP contribution is -2.19. The second kappa shape index (κ2) is 5.14. The normalized spacial score (nSPS) is 10.3. The quantitative estimate of drug-likeness (QED) is 0.922. The van der Waals surface area contributed by atoms with Gasteiger partial charge in [0.25, 0.3) is 0 Å². The molecule has 2 rings (SSSR count). The zero-order valence-corrected chi connectivity index (χ0v) is 10.5. The molecule has 18 heavy (non-hydrogen) atoms. The molecule has 0 saturated carbocycles. The van der Waals surface area contributed by atoms with Crippen LogP contribution in [-0.4, -0.2) is 18.1 Å². The molecule has 0 atom stereocenters. The second-order valence-corrected chi connectivity index (χ2v) is 4.34. The first-order valence-electron chi connectivity index (χ1n) is 5.33. The van der Waals surface area contributed by atoms with Gasteiger partial charge >= 0.3 is 5.97 Å². The van der Waals surface area contributed by atoms with E-state index < -0.39 is 5.97 Å². The predicted molar refractivity (Wildman–Crippen MR) is 69.2 cm³/mol. The first-order chi connectivity index (χ1) is 8.59. The number of hydrogen-bond donors (Lipinski definition) is 1. The Balaban J connectivity index is 2.34. The highest BCUT2D eigenvalue weighted by Crippen LogP contribution is 2.30. The molecule has 2 aromatic rings. The average molecular weight is 266 g/mol. The number of carbonyl (C=O) groups is 1. The summed E-state index contributed by atoms with van der Waals surface area (Å²) >= 11 is 6.08. The van der Waals surface area contributed by atoms with E-state index in [1.54, 1.807) is 36.6 Å². The van der Waals surface area contributed by atoms with E-state index in [4.69, 9.17) is 21.1 Å². The summed E-state index contributed by atoms with van der Waals surface area (Å²) in [5.41, 5.74) is 1.65. The monoisotopic (exact) mass is 265 g/mol. The largest absolute Gasteiger partial charge is 0.478 e. The van der Waals surface area contributed by atoms with Gasteiger partial charge in [-0.15, -0.1) is 0 Å². The minimum Gasteiger partial charge on any atom is -0.478 e. The summed E-state index contributed by atoms with van der Waals surface area (Å²) in [5, 5.41) is 9.58. The molecule has 0 fully saturated rings. The average Bonchev–Trinajstić information content (AvgIpc) is 2.81. The van der Waals surface area contributed by atoms with Gasteiger partial charge in [0.2, 0.25) is 0 Å². The van der Waals surface area contributed by atoms with E-state index in [1.807, 2.05) is 6.07 Å². The summed E-state index contributed by atoms with van der Waals surface area (Å²) in [6.45, 7) is 0.528. The minimum atomic E-state index is -0.994. The Morgan fingerprint density at radius 3 is 2.83 bits per heavy atom. The van der Waals surface area contributed by atoms with Crippen LogP contribution in [-0.2, 0) is 6.54 Å². The van der Waals surface area contributed by atoms with Gasteiger partial charge in [0, 0.05) is 19.2 Å². The number of aromatic carboxylic acids is 1. The summed E-state index contributed by atoms with van der Waals surface area (Å²) in [6.07, 6.45) is 3.20. The summed E-state index contributed by atoms with van der Waals surface area (Å²) < 4.78 is 4.98. The molecule has 0 bridgehead atoms. The van der Waals surface area contributed by atoms with Gasteiger partial charge in [0.1, 0.15) is 0 Å². The number of hydrogen-bond acceptors (Lipinski definition) is 3. The number of anilines is 1. The van der Waals surface area contributed by atoms with Crippen LogP contribution in [0.15, 0.2) is 41.2 Å². The van der Waals surface area contributed by atoms with Crippen LogP contribution in [0.4, 0.5) is 5.69 Å². The zero-order valence-electron chi connectivity index (χ0n) is 9.76. The lowest BCUT2D eigenvalue weighted by molar-refractivity contribution is 0.0697. The number of halogens is 1. The molecule has 1 heterocycles. The Morgan fingerprint density at radius 1 is 1.44 bits per heavy atom. The maximum Gasteiger partial charge on any atom is 0.337 e. The fraction of sp³-hybridized carbons (Fsp3) is 0.154. The molecule has 1 aromatic heterocycles. The Hall–Kier alpha value is -1.94. The fourth-order valence-corrected chi connectivity index (χ4v) is 2.13. The van der Waals surface area contributed by atoms with Gasteiger partial charge in [-0.05, 0) is 18.2 Å². The maximum atomic E-state index is 11.2. The number of rotatable bonds is 4. The lowest BCUT2D eigenvalue weighted by atomic mass is 10.1. The Labute approximate surface area is 109 Å². The summed E-state index contributed by atoms with van der Waals surface area (Å²) in [5.74, 6) is -0.994. The molecule has 0 aliphatic heterocycles. The van der Waals surface area contributed by atoms with Crippen molar-refractivity contribution in [3.63, 3.8) is 0 Å². The minimum absolute atomic E-state index is 0.188. The number of nitrogens with zero attached hydrogens (tertiary/aromatic N) is 1. The van der Waals surface area contributed by atoms with E-state index in [-0.39, 0.29) is 5.56 Å². The Kier molecular flexibility index (Phi) is 3.58. The van der Waals surface area contributed by atoms with E-state index in [2.05, 4.69) is 0 Å². The summed E-state index contributed by atoms with van der Waals surface area (Å²) in [7, 11) is 1.79. The Bertz CT molecular complexity index is 551. The van der Waals surface area contributed by atoms with Crippen LogP contribution in [0.2, 0.25) is 5.02 Å². The molecule has 0 amide bonds. The molecule has 0 aliphatic carbocycles. The third-order valence-electron chi connectivity index (χ3n) is 2.60. The first-order valence-corrected chi connectivity index (χ1v) is 5.71. The van der Waals surface area contributed by atoms with Crippen molar-refractivity contribution in [1.29, 1.82) is 0 Å². The van der Waals surface area contributed by atoms with Crippen molar-refractivity contribution in [3.05, 3.63) is 52.9 Å². The third-order valence-corrected chi connectivity index (χ3v) is 2.90. The number of benzene rings is 1. The molecule has 1 N–H and O–H groups in total. The van der Waals surface area contributed by atoms with Gasteiger partial charge in [-0.3, -0.25) is 0 Å². The van der Waals surface area contributed by atoms with E-state index in [1.165, 1.54) is 6.07 Å². The topological polar surface area (TPSA) is 53.7 Å². The number of furan rings is 1. The summed E-state index contributed by atoms with van der Waals surface area (Å²) in [4.78, 5) is 13.0. The van der Waals surface area contributed by atoms with Gasteiger partial charge in [0.15, 0.2) is 0 Å². The van der Waals surface area contributed by atoms with Crippen LogP contribution in [0.25, 0.3) is 0 Å². The smallest absolute Gasteiger partial charge is 0.337 e. The van der Waals surface area contributed by atoms with Crippen molar-refractivity contribution < 1.29 is 14.3 Å². The second-order valence-electron chi connectivity index (χ2n) is 3.93. The van der Waals surface area contributed by atoms with Crippen molar-refractivity contribution in [1.82, 2.24) is 0 Å². The maximum absolute atomic E-state index is 11.2. The molecular weight excluding hydrogens is 254 g/mol. The zero-order chi connectivity index (χ0) is 13.1. The van der Waals surface area contributed by atoms with Gasteiger partial charge < -0.3 is 14.4 Å². The SMILES string of the molecule is CN(Cc1ccoc1)c1c(Cl)cccc1C(=O)O. The Morgan fingerprint density at radius 2 is 2.22 bits per heavy atom. The van der Waals surface area contributed by atoms with Gasteiger partial charge in [0.05, 0.1) is 28.8 Å². The predicted octanol–water partition coefficient (Wildman–Crippen LogP) is 3.27. The summed E-state index contributed by atoms with van der Waals surface area (Å²) in [6, 6.07) is 6.67. The highest BCUT2D eigenvalue weighted by molar-refractivity contribution is 6.34. The van der Waals surface area contributed by atoms with Crippen molar-refractivity contribution >= 4 is 23.3 Å². The molecule has 94 valence electrons. The molecule has 0 radical (unpaired) electrons. The van der Waals surface area contributed by atoms with Crippen LogP contribution >= 0.6 is 11.6 Å². The van der Waals surface area contributed by atoms with Crippen molar-refractivity contribution in [3.8, 4) is 0 Å². The van der Waals surface area contributed by atoms with Gasteiger partial charge in [-0.25, -0.2) is 4.79 Å². The number of para-hydroxylation sites is 1. The molecule has 0 saturated heterocycles. The number of carboxylic acid groups (broad SMARTS) is 1. The highest BCUT2D eigenvalue weighted by Gasteiger charge is 2.17. The molecule has 4 nitrogen and oxygen atoms in total. The van der Waals surface area contributed by atoms with Crippen LogP contribution in [0.3, 0.4) is 0 Å². The molecular formula is C13H12ClNO3. The molecule has 5 heteroatoms. The van der Waals surface area contributed by atoms with E-state index in [0.29, 0.717) is 17.3 Å². The van der Waals surface area contributed by atoms with Crippen molar-refractivity contribution in [2.75, 3.05) is 11.9 Å². The van der Waals surface area contributed by atoms with Crippen molar-refractivity contribution in [2.45, 2.75) is 6.54 Å². The highest BCUT2D eigenvalue weighted by atomic mass is 35.5. The molecule has 0 unspecified atom stereocenters. The van der Waals surface area contributed by atoms with Crippen LogP contribution < -0.4 is 4.90 Å². The molecule has 0 spiro atoms. The van der Waals surface area contributed by atoms with Crippen LogP contribution in [0, 0.1) is 0 Å². The molecule has 1 aromatic carbocycles. The number of carboxylic acids is 1. The first kappa shape index (κ1) is 12.5. The van der Waals surface area contributed by atoms with E-state index >= 15 is 0 Å². The standard InChI is InChI=1S/C13H12ClNO3/c1-15(7-9-5-6-18-8-9)12-10(13(16)17)3-2-4-11(12)14/h2-6,8H,7H2,1H3,(H,16,17). The third kappa shape index (κ3) is 2.49. The van der Waals surface area contributed by atoms with Crippen LogP contribution in [0.1, 0.15) is 15.9 Å². The lowest BCUT2D eigenvalue weighted by Gasteiger charge is -2.21. The van der Waals surface area contributed by atoms with Gasteiger partial charge in [-0.2, -0.15) is 0 Å². The van der Waals surface area contributed by atoms with Crippen molar-refractivity contribution in [2.24, 2.45) is 0 Å². The fourth-order valence-electron chi connectivity index (χ4n) is 1.81. The van der Waals surface area contributed by atoms with E-state index in [0.717, 1.165) is 5.56 Å². The van der Waals surface area contributed by atoms with Crippen LogP contribution in [0.5, 0.6) is 0 Å². The molecule has 0 aliphatic rings.